The Morgan fingerprint density at radius 3 is 2.69 bits per heavy atom. The summed E-state index contributed by atoms with van der Waals surface area (Å²) in [5.41, 5.74) is 0. The van der Waals surface area contributed by atoms with E-state index in [1.165, 1.54) is 32.1 Å². The second-order valence-electron chi connectivity index (χ2n) is 4.60. The van der Waals surface area contributed by atoms with E-state index in [1.807, 2.05) is 7.11 Å². The maximum atomic E-state index is 5.24. The SMILES string of the molecule is COCC1CCC2CC=CCC2C1. The summed E-state index contributed by atoms with van der Waals surface area (Å²) in [4.78, 5) is 0. The fourth-order valence-corrected chi connectivity index (χ4v) is 2.95. The minimum atomic E-state index is 0.845. The zero-order valence-corrected chi connectivity index (χ0v) is 8.54. The number of fused-ring (bicyclic) bond motifs is 1. The van der Waals surface area contributed by atoms with E-state index in [1.54, 1.807) is 0 Å². The van der Waals surface area contributed by atoms with Crippen LogP contribution in [0.25, 0.3) is 0 Å². The van der Waals surface area contributed by atoms with Crippen molar-refractivity contribution in [1.82, 2.24) is 0 Å². The molecule has 2 aliphatic carbocycles. The van der Waals surface area contributed by atoms with Gasteiger partial charge in [-0.05, 0) is 49.9 Å². The van der Waals surface area contributed by atoms with Gasteiger partial charge in [0.05, 0.1) is 0 Å². The number of methoxy groups -OCH3 is 1. The molecule has 0 aromatic rings. The number of hydrogen-bond acceptors (Lipinski definition) is 1. The van der Waals surface area contributed by atoms with Gasteiger partial charge >= 0.3 is 0 Å². The third kappa shape index (κ3) is 2.14. The molecule has 13 heavy (non-hydrogen) atoms. The van der Waals surface area contributed by atoms with Gasteiger partial charge in [-0.25, -0.2) is 0 Å². The van der Waals surface area contributed by atoms with E-state index in [0.29, 0.717) is 0 Å². The predicted octanol–water partition coefficient (Wildman–Crippen LogP) is 3.02. The Morgan fingerprint density at radius 1 is 1.15 bits per heavy atom. The summed E-state index contributed by atoms with van der Waals surface area (Å²) in [5.74, 6) is 2.81. The van der Waals surface area contributed by atoms with E-state index in [-0.39, 0.29) is 0 Å². The third-order valence-corrected chi connectivity index (χ3v) is 3.70. The molecule has 2 aliphatic rings. The van der Waals surface area contributed by atoms with Gasteiger partial charge < -0.3 is 4.74 Å². The Labute approximate surface area is 81.2 Å². The summed E-state index contributed by atoms with van der Waals surface area (Å²) in [6.07, 6.45) is 11.6. The second-order valence-corrected chi connectivity index (χ2v) is 4.60. The van der Waals surface area contributed by atoms with Crippen molar-refractivity contribution in [2.45, 2.75) is 32.1 Å². The quantitative estimate of drug-likeness (QED) is 0.593. The Kier molecular flexibility index (Phi) is 3.05. The monoisotopic (exact) mass is 180 g/mol. The van der Waals surface area contributed by atoms with Gasteiger partial charge in [0, 0.05) is 13.7 Å². The minimum absolute atomic E-state index is 0.845. The summed E-state index contributed by atoms with van der Waals surface area (Å²) < 4.78 is 5.24. The molecule has 0 amide bonds. The third-order valence-electron chi connectivity index (χ3n) is 3.70. The first-order chi connectivity index (χ1) is 6.40. The molecule has 3 atom stereocenters. The van der Waals surface area contributed by atoms with Crippen LogP contribution >= 0.6 is 0 Å². The minimum Gasteiger partial charge on any atom is -0.384 e. The van der Waals surface area contributed by atoms with Gasteiger partial charge in [-0.3, -0.25) is 0 Å². The molecule has 1 saturated carbocycles. The van der Waals surface area contributed by atoms with Crippen molar-refractivity contribution in [3.63, 3.8) is 0 Å². The van der Waals surface area contributed by atoms with Gasteiger partial charge in [0.15, 0.2) is 0 Å². The van der Waals surface area contributed by atoms with E-state index in [9.17, 15) is 0 Å². The van der Waals surface area contributed by atoms with Crippen molar-refractivity contribution in [2.24, 2.45) is 17.8 Å². The average Bonchev–Trinajstić information content (AvgIpc) is 2.18. The summed E-state index contributed by atoms with van der Waals surface area (Å²) >= 11 is 0. The largest absolute Gasteiger partial charge is 0.384 e. The molecule has 0 aliphatic heterocycles. The lowest BCUT2D eigenvalue weighted by molar-refractivity contribution is 0.0887. The van der Waals surface area contributed by atoms with Crippen molar-refractivity contribution in [3.8, 4) is 0 Å². The zero-order valence-electron chi connectivity index (χ0n) is 8.54. The maximum Gasteiger partial charge on any atom is 0.0490 e. The van der Waals surface area contributed by atoms with Crippen LogP contribution in [0.15, 0.2) is 12.2 Å². The molecule has 0 N–H and O–H groups in total. The Morgan fingerprint density at radius 2 is 1.92 bits per heavy atom. The lowest BCUT2D eigenvalue weighted by Gasteiger charge is -2.37. The Bertz CT molecular complexity index is 186. The molecule has 0 saturated heterocycles. The summed E-state index contributed by atoms with van der Waals surface area (Å²) in [7, 11) is 1.83. The first kappa shape index (κ1) is 9.26. The van der Waals surface area contributed by atoms with Crippen LogP contribution in [-0.4, -0.2) is 13.7 Å². The van der Waals surface area contributed by atoms with Crippen molar-refractivity contribution in [2.75, 3.05) is 13.7 Å². The van der Waals surface area contributed by atoms with Gasteiger partial charge in [-0.2, -0.15) is 0 Å². The molecule has 0 spiro atoms. The van der Waals surface area contributed by atoms with Crippen molar-refractivity contribution < 1.29 is 4.74 Å². The molecular weight excluding hydrogens is 160 g/mol. The number of hydrogen-bond donors (Lipinski definition) is 0. The van der Waals surface area contributed by atoms with Gasteiger partial charge in [-0.1, -0.05) is 12.2 Å². The highest BCUT2D eigenvalue weighted by atomic mass is 16.5. The molecule has 0 bridgehead atoms. The van der Waals surface area contributed by atoms with Crippen LogP contribution in [0.1, 0.15) is 32.1 Å². The molecular formula is C12H20O. The zero-order chi connectivity index (χ0) is 9.10. The van der Waals surface area contributed by atoms with Crippen LogP contribution in [0.2, 0.25) is 0 Å². The van der Waals surface area contributed by atoms with E-state index in [2.05, 4.69) is 12.2 Å². The Hall–Kier alpha value is -0.300. The van der Waals surface area contributed by atoms with Crippen LogP contribution in [0.3, 0.4) is 0 Å². The molecule has 0 heterocycles. The van der Waals surface area contributed by atoms with E-state index in [0.717, 1.165) is 24.4 Å². The van der Waals surface area contributed by atoms with Crippen LogP contribution < -0.4 is 0 Å². The molecule has 1 heteroatoms. The topological polar surface area (TPSA) is 9.23 Å². The normalized spacial score (nSPS) is 38.7. The summed E-state index contributed by atoms with van der Waals surface area (Å²) in [6, 6.07) is 0. The number of ether oxygens (including phenoxy) is 1. The Balaban J connectivity index is 1.88. The fraction of sp³-hybridized carbons (Fsp3) is 0.833. The molecule has 1 nitrogen and oxygen atoms in total. The fourth-order valence-electron chi connectivity index (χ4n) is 2.95. The van der Waals surface area contributed by atoms with E-state index >= 15 is 0 Å². The van der Waals surface area contributed by atoms with Crippen molar-refractivity contribution >= 4 is 0 Å². The smallest absolute Gasteiger partial charge is 0.0490 e. The molecule has 3 unspecified atom stereocenters. The number of rotatable bonds is 2. The lowest BCUT2D eigenvalue weighted by Crippen LogP contribution is -2.27. The average molecular weight is 180 g/mol. The highest BCUT2D eigenvalue weighted by molar-refractivity contribution is 4.96. The van der Waals surface area contributed by atoms with Crippen LogP contribution in [0.4, 0.5) is 0 Å². The second kappa shape index (κ2) is 4.28. The predicted molar refractivity (Wildman–Crippen MR) is 54.6 cm³/mol. The summed E-state index contributed by atoms with van der Waals surface area (Å²) in [6.45, 7) is 0.979. The first-order valence-corrected chi connectivity index (χ1v) is 5.54. The highest BCUT2D eigenvalue weighted by Crippen LogP contribution is 2.40. The molecule has 0 aromatic carbocycles. The molecule has 2 rings (SSSR count). The first-order valence-electron chi connectivity index (χ1n) is 5.54. The van der Waals surface area contributed by atoms with E-state index in [4.69, 9.17) is 4.74 Å². The molecule has 0 radical (unpaired) electrons. The highest BCUT2D eigenvalue weighted by Gasteiger charge is 2.30. The van der Waals surface area contributed by atoms with Crippen LogP contribution in [0, 0.1) is 17.8 Å². The van der Waals surface area contributed by atoms with E-state index < -0.39 is 0 Å². The van der Waals surface area contributed by atoms with Gasteiger partial charge in [0.25, 0.3) is 0 Å². The maximum absolute atomic E-state index is 5.24. The van der Waals surface area contributed by atoms with Gasteiger partial charge in [-0.15, -0.1) is 0 Å². The molecule has 1 fully saturated rings. The lowest BCUT2D eigenvalue weighted by atomic mass is 9.70. The van der Waals surface area contributed by atoms with Crippen LogP contribution in [0.5, 0.6) is 0 Å². The summed E-state index contributed by atoms with van der Waals surface area (Å²) in [5, 5.41) is 0. The van der Waals surface area contributed by atoms with Crippen molar-refractivity contribution in [3.05, 3.63) is 12.2 Å². The van der Waals surface area contributed by atoms with Gasteiger partial charge in [0.2, 0.25) is 0 Å². The molecule has 0 aromatic heterocycles. The van der Waals surface area contributed by atoms with Gasteiger partial charge in [0.1, 0.15) is 0 Å². The van der Waals surface area contributed by atoms with Crippen molar-refractivity contribution in [1.29, 1.82) is 0 Å². The standard InChI is InChI=1S/C12H20O/c1-13-9-10-6-7-11-4-2-3-5-12(11)8-10/h2-3,10-12H,4-9H2,1H3. The number of allylic oxidation sites excluding steroid dienone is 2. The molecule has 74 valence electrons. The van der Waals surface area contributed by atoms with Crippen LogP contribution in [-0.2, 0) is 4.74 Å².